The van der Waals surface area contributed by atoms with Crippen LogP contribution in [0.15, 0.2) is 200 Å². The van der Waals surface area contributed by atoms with Crippen LogP contribution in [0.25, 0.3) is 0 Å². The molecule has 548 valence electrons. The summed E-state index contributed by atoms with van der Waals surface area (Å²) in [4.78, 5) is 142. The Morgan fingerprint density at radius 2 is 0.367 bits per heavy atom. The number of Topliss-reactive ketones (excluding diaryl/α,β-unsaturated/α-hetero) is 2. The average molecular weight is 1460 g/mol. The number of carbonyl (C=O) groups is 10. The van der Waals surface area contributed by atoms with Crippen LogP contribution >= 0.6 is 0 Å². The fourth-order valence-corrected chi connectivity index (χ4v) is 12.0. The van der Waals surface area contributed by atoms with Crippen LogP contribution in [0.5, 0.6) is 0 Å². The highest BCUT2D eigenvalue weighted by Gasteiger charge is 2.23. The number of anilines is 19. The number of aryl methyl sites for hydroxylation is 2. The molecule has 29 nitrogen and oxygen atoms in total. The van der Waals surface area contributed by atoms with Crippen molar-refractivity contribution >= 4 is 167 Å². The van der Waals surface area contributed by atoms with Crippen LogP contribution in [0.4, 0.5) is 108 Å². The van der Waals surface area contributed by atoms with Gasteiger partial charge in [0, 0.05) is 177 Å². The first-order valence-electron chi connectivity index (χ1n) is 33.2. The van der Waals surface area contributed by atoms with Crippen LogP contribution in [0.3, 0.4) is 0 Å². The van der Waals surface area contributed by atoms with E-state index in [1.807, 2.05) is 19.9 Å². The molecule has 0 aliphatic rings. The van der Waals surface area contributed by atoms with Crippen molar-refractivity contribution < 1.29 is 47.9 Å². The SMILES string of the molecule is Cc1cc(C)cc(NC(=O)c2cc(CC(=O)c3cc(NC(=O)c4cc(N)cc(NC(=O)c5cc(N)cc(N)c5)c4)cc(NC(=O)c4cc(CC(=O)c5cc(N)cc(N)c5)cc(NC(=O)c5cc(N)cc(NC(=O)c6cc(N)cc(N)c6)c5)c4)c3)cc(NC(=O)c3cc(N)cc(NC(=O)c4cc(N)cc(N)c4)c3)c2)c1. The number of nitrogens with one attached hydrogen (secondary N) is 8. The van der Waals surface area contributed by atoms with E-state index in [0.717, 1.165) is 11.1 Å². The van der Waals surface area contributed by atoms with Crippen LogP contribution in [-0.2, 0) is 12.8 Å². The normalized spacial score (nSPS) is 10.8. The lowest BCUT2D eigenvalue weighted by Crippen LogP contribution is -2.18. The summed E-state index contributed by atoms with van der Waals surface area (Å²) in [6.07, 6.45) is -0.876. The van der Waals surface area contributed by atoms with Gasteiger partial charge in [-0.25, -0.2) is 0 Å². The van der Waals surface area contributed by atoms with Gasteiger partial charge in [-0.15, -0.1) is 0 Å². The van der Waals surface area contributed by atoms with Crippen molar-refractivity contribution in [3.8, 4) is 0 Å². The third-order valence-electron chi connectivity index (χ3n) is 16.5. The summed E-state index contributed by atoms with van der Waals surface area (Å²) in [5.74, 6) is -6.86. The third kappa shape index (κ3) is 19.5. The Morgan fingerprint density at radius 1 is 0.193 bits per heavy atom. The standard InChI is InChI=1S/C80H73N19O10/c1-38-3-39(2)5-63(4-38)92-73(102)44-7-41(9-65(25-44)94-79(108)50-21-61(90)35-67(28-50)96-76(105)47-16-56(85)32-57(86)17-47)11-72(101)43-23-69(37-70(24-43)99-80(109)51-22-62(91)36-68(29-51)97-77(106)48-18-58(87)33-59(88)19-48)98-74(103)45-6-40(10-71(100)42-12-52(81)30-53(82)13-42)8-64(26-45)93-78(107)49-20-60(89)34-66(27-49)95-75(104)46-14-54(83)31-55(84)15-46/h3-9,12-37H,10-11,81-91H2,1-2H3,(H,92,102)(H,93,107)(H,94,108)(H,95,104)(H,96,105)(H,97,106)(H,98,103)(H,99,109). The lowest BCUT2D eigenvalue weighted by molar-refractivity contribution is 0.0984. The minimum Gasteiger partial charge on any atom is -0.399 e. The van der Waals surface area contributed by atoms with Crippen molar-refractivity contribution in [2.24, 2.45) is 0 Å². The summed E-state index contributed by atoms with van der Waals surface area (Å²) in [5.41, 5.74) is 71.5. The minimum absolute atomic E-state index is 0.00884. The molecule has 29 heteroatoms. The van der Waals surface area contributed by atoms with E-state index in [0.29, 0.717) is 5.69 Å². The van der Waals surface area contributed by atoms with Gasteiger partial charge >= 0.3 is 0 Å². The molecule has 0 unspecified atom stereocenters. The predicted molar refractivity (Wildman–Crippen MR) is 429 cm³/mol. The van der Waals surface area contributed by atoms with Gasteiger partial charge in [-0.1, -0.05) is 6.07 Å². The summed E-state index contributed by atoms with van der Waals surface area (Å²) in [7, 11) is 0. The quantitative estimate of drug-likeness (QED) is 0.0221. The molecule has 0 fully saturated rings. The number of amides is 8. The van der Waals surface area contributed by atoms with Crippen molar-refractivity contribution in [2.45, 2.75) is 26.7 Å². The van der Waals surface area contributed by atoms with Crippen LogP contribution in [0, 0.1) is 13.8 Å². The molecule has 0 heterocycles. The largest absolute Gasteiger partial charge is 0.399 e. The lowest BCUT2D eigenvalue weighted by Gasteiger charge is -2.15. The first-order valence-corrected chi connectivity index (χ1v) is 33.2. The number of rotatable bonds is 22. The molecule has 30 N–H and O–H groups in total. The number of carbonyl (C=O) groups excluding carboxylic acids is 10. The van der Waals surface area contributed by atoms with E-state index >= 15 is 9.59 Å². The molecule has 0 spiro atoms. The molecule has 0 aliphatic carbocycles. The van der Waals surface area contributed by atoms with Crippen molar-refractivity contribution in [1.82, 2.24) is 0 Å². The van der Waals surface area contributed by atoms with Crippen molar-refractivity contribution in [3.05, 3.63) is 278 Å². The van der Waals surface area contributed by atoms with Crippen LogP contribution in [0.2, 0.25) is 0 Å². The van der Waals surface area contributed by atoms with Crippen molar-refractivity contribution in [1.29, 1.82) is 0 Å². The van der Waals surface area contributed by atoms with Gasteiger partial charge in [0.25, 0.3) is 47.3 Å². The molecule has 0 saturated heterocycles. The third-order valence-corrected chi connectivity index (χ3v) is 16.5. The van der Waals surface area contributed by atoms with Crippen LogP contribution < -0.4 is 106 Å². The summed E-state index contributed by atoms with van der Waals surface area (Å²) >= 11 is 0. The van der Waals surface area contributed by atoms with Gasteiger partial charge in [-0.2, -0.15) is 0 Å². The van der Waals surface area contributed by atoms with Gasteiger partial charge in [0.15, 0.2) is 11.6 Å². The summed E-state index contributed by atoms with van der Waals surface area (Å²) < 4.78 is 0. The van der Waals surface area contributed by atoms with Gasteiger partial charge in [-0.3, -0.25) is 47.9 Å². The highest BCUT2D eigenvalue weighted by atomic mass is 16.2. The van der Waals surface area contributed by atoms with E-state index in [2.05, 4.69) is 42.5 Å². The maximum Gasteiger partial charge on any atom is 0.255 e. The molecule has 11 aromatic rings. The summed E-state index contributed by atoms with van der Waals surface area (Å²) in [6, 6.07) is 47.3. The Kier molecular flexibility index (Phi) is 21.5. The fourth-order valence-electron chi connectivity index (χ4n) is 12.0. The van der Waals surface area contributed by atoms with Gasteiger partial charge in [0.2, 0.25) is 0 Å². The summed E-state index contributed by atoms with van der Waals surface area (Å²) in [5, 5.41) is 22.1. The molecule has 0 aliphatic heterocycles. The predicted octanol–water partition coefficient (Wildman–Crippen LogP) is 10.6. The molecule has 0 radical (unpaired) electrons. The monoisotopic (exact) mass is 1460 g/mol. The number of hydrogen-bond donors (Lipinski definition) is 19. The second-order valence-corrected chi connectivity index (χ2v) is 25.9. The molecule has 8 amide bonds. The minimum atomic E-state index is -0.877. The highest BCUT2D eigenvalue weighted by Crippen LogP contribution is 2.31. The topological polar surface area (TPSA) is 553 Å². The highest BCUT2D eigenvalue weighted by molar-refractivity contribution is 6.15. The van der Waals surface area contributed by atoms with Crippen LogP contribution in [0.1, 0.15) is 126 Å². The fraction of sp³-hybridized carbons (Fsp3) is 0.0500. The lowest BCUT2D eigenvalue weighted by atomic mass is 9.98. The Morgan fingerprint density at radius 3 is 0.624 bits per heavy atom. The molecular weight excluding hydrogens is 1390 g/mol. The van der Waals surface area contributed by atoms with Gasteiger partial charge in [-0.05, 0) is 230 Å². The second kappa shape index (κ2) is 31.5. The smallest absolute Gasteiger partial charge is 0.255 e. The number of ketones is 2. The molecule has 109 heavy (non-hydrogen) atoms. The Bertz CT molecular complexity index is 5540. The maximum absolute atomic E-state index is 15.2. The number of benzene rings is 11. The van der Waals surface area contributed by atoms with E-state index in [-0.39, 0.29) is 176 Å². The zero-order valence-electron chi connectivity index (χ0n) is 58.4. The average Bonchev–Trinajstić information content (AvgIpc) is 0.821. The molecule has 11 aromatic carbocycles. The zero-order chi connectivity index (χ0) is 78.2. The Labute approximate surface area is 622 Å². The van der Waals surface area contributed by atoms with E-state index in [1.54, 1.807) is 12.1 Å². The molecular formula is C80H73N19O10. The Balaban J connectivity index is 0.942. The number of nitrogen functional groups attached to an aromatic ring is 11. The number of nitrogens with two attached hydrogens (primary N) is 11. The summed E-state index contributed by atoms with van der Waals surface area (Å²) in [6.45, 7) is 3.71. The molecule has 11 rings (SSSR count). The first kappa shape index (κ1) is 74.5. The van der Waals surface area contributed by atoms with E-state index in [4.69, 9.17) is 63.1 Å². The molecule has 0 atom stereocenters. The first-order chi connectivity index (χ1) is 51.7. The zero-order valence-corrected chi connectivity index (χ0v) is 58.4. The van der Waals surface area contributed by atoms with Crippen molar-refractivity contribution in [2.75, 3.05) is 106 Å². The molecule has 0 bridgehead atoms. The molecule has 0 aromatic heterocycles. The maximum atomic E-state index is 15.2. The van der Waals surface area contributed by atoms with Gasteiger partial charge in [0.1, 0.15) is 0 Å². The van der Waals surface area contributed by atoms with E-state index in [1.165, 1.54) is 182 Å². The second-order valence-electron chi connectivity index (χ2n) is 25.9. The van der Waals surface area contributed by atoms with E-state index < -0.39 is 65.2 Å². The molecule has 0 saturated carbocycles. The van der Waals surface area contributed by atoms with E-state index in [9.17, 15) is 38.4 Å². The van der Waals surface area contributed by atoms with Crippen molar-refractivity contribution in [3.63, 3.8) is 0 Å². The number of hydrogen-bond acceptors (Lipinski definition) is 21. The van der Waals surface area contributed by atoms with Gasteiger partial charge < -0.3 is 106 Å². The van der Waals surface area contributed by atoms with Gasteiger partial charge in [0.05, 0.1) is 0 Å². The van der Waals surface area contributed by atoms with Crippen LogP contribution in [-0.4, -0.2) is 58.8 Å². The Hall–Kier alpha value is -15.7.